The Hall–Kier alpha value is -2.20. The van der Waals surface area contributed by atoms with Crippen LogP contribution in [-0.2, 0) is 14.3 Å². The van der Waals surface area contributed by atoms with E-state index in [0.29, 0.717) is 12.3 Å². The summed E-state index contributed by atoms with van der Waals surface area (Å²) in [7, 11) is 0. The number of carbonyl (C=O) groups is 2. The van der Waals surface area contributed by atoms with Gasteiger partial charge < -0.3 is 9.84 Å². The van der Waals surface area contributed by atoms with Crippen LogP contribution in [-0.4, -0.2) is 29.1 Å². The summed E-state index contributed by atoms with van der Waals surface area (Å²) in [6.07, 6.45) is 13.4. The minimum Gasteiger partial charge on any atom is -0.481 e. The van der Waals surface area contributed by atoms with Crippen LogP contribution in [0.4, 0.5) is 0 Å². The van der Waals surface area contributed by atoms with E-state index in [1.54, 1.807) is 6.08 Å². The summed E-state index contributed by atoms with van der Waals surface area (Å²) >= 11 is 0. The first-order valence-corrected chi connectivity index (χ1v) is 10.4. The van der Waals surface area contributed by atoms with Crippen LogP contribution in [0.5, 0.6) is 0 Å². The lowest BCUT2D eigenvalue weighted by Crippen LogP contribution is -2.25. The molecule has 1 unspecified atom stereocenters. The normalized spacial score (nSPS) is 27.6. The molecule has 1 aromatic carbocycles. The summed E-state index contributed by atoms with van der Waals surface area (Å²) in [4.78, 5) is 23.2. The van der Waals surface area contributed by atoms with Gasteiger partial charge in [-0.15, -0.1) is 0 Å². The van der Waals surface area contributed by atoms with Gasteiger partial charge in [-0.3, -0.25) is 9.59 Å². The summed E-state index contributed by atoms with van der Waals surface area (Å²) in [6.45, 7) is 1.96. The van der Waals surface area contributed by atoms with Gasteiger partial charge in [-0.25, -0.2) is 0 Å². The van der Waals surface area contributed by atoms with E-state index in [2.05, 4.69) is 18.2 Å². The lowest BCUT2D eigenvalue weighted by Gasteiger charge is -2.24. The number of aliphatic carboxylic acids is 1. The Labute approximate surface area is 167 Å². The van der Waals surface area contributed by atoms with Crippen molar-refractivity contribution in [3.8, 4) is 0 Å². The fourth-order valence-electron chi connectivity index (χ4n) is 4.39. The third kappa shape index (κ3) is 5.20. The molecule has 2 bridgehead atoms. The van der Waals surface area contributed by atoms with Crippen molar-refractivity contribution >= 4 is 11.8 Å². The quantitative estimate of drug-likeness (QED) is 0.355. The number of hydrogen-bond donors (Lipinski definition) is 1. The first-order chi connectivity index (χ1) is 13.6. The Morgan fingerprint density at radius 2 is 1.93 bits per heavy atom. The topological polar surface area (TPSA) is 63.6 Å². The maximum Gasteiger partial charge on any atom is 0.303 e. The third-order valence-electron chi connectivity index (χ3n) is 6.03. The predicted octanol–water partition coefficient (Wildman–Crippen LogP) is 4.91. The molecule has 2 fully saturated rings. The summed E-state index contributed by atoms with van der Waals surface area (Å²) in [5, 5.41) is 8.69. The smallest absolute Gasteiger partial charge is 0.303 e. The molecule has 2 aliphatic heterocycles. The molecule has 0 aliphatic carbocycles. The van der Waals surface area contributed by atoms with E-state index < -0.39 is 5.97 Å². The lowest BCUT2D eigenvalue weighted by molar-refractivity contribution is -0.137. The summed E-state index contributed by atoms with van der Waals surface area (Å²) in [5.41, 5.74) is 1.04. The van der Waals surface area contributed by atoms with Crippen LogP contribution >= 0.6 is 0 Å². The summed E-state index contributed by atoms with van der Waals surface area (Å²) in [5.74, 6) is -0.0455. The molecule has 4 nitrogen and oxygen atoms in total. The Morgan fingerprint density at radius 3 is 2.68 bits per heavy atom. The van der Waals surface area contributed by atoms with Crippen LogP contribution in [0.15, 0.2) is 54.6 Å². The van der Waals surface area contributed by atoms with E-state index in [9.17, 15) is 9.59 Å². The van der Waals surface area contributed by atoms with Gasteiger partial charge >= 0.3 is 5.97 Å². The van der Waals surface area contributed by atoms with Crippen molar-refractivity contribution in [2.45, 2.75) is 63.6 Å². The SMILES string of the molecule is CC(C(=O)C=C[C@H]1[C@H](CC=CCCCC(=O)O)[C@H]2CC[C@@H]1O2)c1ccccc1. The van der Waals surface area contributed by atoms with Crippen LogP contribution in [0, 0.1) is 11.8 Å². The highest BCUT2D eigenvalue weighted by atomic mass is 16.5. The molecule has 0 aromatic heterocycles. The Kier molecular flexibility index (Phi) is 7.21. The molecule has 28 heavy (non-hydrogen) atoms. The van der Waals surface area contributed by atoms with E-state index in [-0.39, 0.29) is 36.2 Å². The minimum absolute atomic E-state index is 0.135. The van der Waals surface area contributed by atoms with E-state index in [0.717, 1.165) is 31.2 Å². The molecule has 0 spiro atoms. The highest BCUT2D eigenvalue weighted by molar-refractivity contribution is 5.95. The maximum absolute atomic E-state index is 12.6. The van der Waals surface area contributed by atoms with Crippen LogP contribution in [0.25, 0.3) is 0 Å². The molecule has 2 heterocycles. The maximum atomic E-state index is 12.6. The molecule has 3 rings (SSSR count). The van der Waals surface area contributed by atoms with Crippen LogP contribution in [0.1, 0.15) is 56.9 Å². The van der Waals surface area contributed by atoms with Crippen molar-refractivity contribution in [1.29, 1.82) is 0 Å². The van der Waals surface area contributed by atoms with Gasteiger partial charge in [0, 0.05) is 18.3 Å². The second kappa shape index (κ2) is 9.83. The van der Waals surface area contributed by atoms with Gasteiger partial charge in [-0.2, -0.15) is 0 Å². The number of carboxylic acids is 1. The highest BCUT2D eigenvalue weighted by Gasteiger charge is 2.46. The van der Waals surface area contributed by atoms with Crippen molar-refractivity contribution in [2.75, 3.05) is 0 Å². The number of unbranched alkanes of at least 4 members (excludes halogenated alkanes) is 1. The fraction of sp³-hybridized carbons (Fsp3) is 0.500. The standard InChI is InChI=1S/C24H30O4/c1-17(18-9-5-4-6-10-18)21(25)14-13-20-19(22-15-16-23(20)28-22)11-7-2-3-8-12-24(26)27/h2,4-7,9-10,13-14,17,19-20,22-23H,3,8,11-12,15-16H2,1H3,(H,26,27)/t17?,19-,20-,22+,23-/m0/s1. The molecule has 150 valence electrons. The van der Waals surface area contributed by atoms with Crippen molar-refractivity contribution in [3.05, 3.63) is 60.2 Å². The molecule has 5 atom stereocenters. The van der Waals surface area contributed by atoms with Crippen molar-refractivity contribution in [1.82, 2.24) is 0 Å². The highest BCUT2D eigenvalue weighted by Crippen LogP contribution is 2.45. The number of ether oxygens (including phenoxy) is 1. The zero-order chi connectivity index (χ0) is 19.9. The molecule has 2 aliphatic rings. The van der Waals surface area contributed by atoms with Crippen LogP contribution < -0.4 is 0 Å². The molecule has 1 N–H and O–H groups in total. The molecule has 1 aromatic rings. The van der Waals surface area contributed by atoms with Crippen molar-refractivity contribution < 1.29 is 19.4 Å². The minimum atomic E-state index is -0.741. The third-order valence-corrected chi connectivity index (χ3v) is 6.03. The Balaban J connectivity index is 1.55. The van der Waals surface area contributed by atoms with E-state index >= 15 is 0 Å². The molecule has 0 radical (unpaired) electrons. The van der Waals surface area contributed by atoms with Crippen molar-refractivity contribution in [2.24, 2.45) is 11.8 Å². The number of carbonyl (C=O) groups excluding carboxylic acids is 1. The van der Waals surface area contributed by atoms with E-state index in [1.807, 2.05) is 37.3 Å². The average Bonchev–Trinajstić information content (AvgIpc) is 3.30. The van der Waals surface area contributed by atoms with Gasteiger partial charge in [0.25, 0.3) is 0 Å². The largest absolute Gasteiger partial charge is 0.481 e. The molecule has 4 heteroatoms. The van der Waals surface area contributed by atoms with Gasteiger partial charge in [-0.05, 0) is 49.7 Å². The Bertz CT molecular complexity index is 721. The molecular formula is C24H30O4. The van der Waals surface area contributed by atoms with Crippen molar-refractivity contribution in [3.63, 3.8) is 0 Å². The number of ketones is 1. The van der Waals surface area contributed by atoms with Gasteiger partial charge in [0.2, 0.25) is 0 Å². The summed E-state index contributed by atoms with van der Waals surface area (Å²) < 4.78 is 6.11. The second-order valence-electron chi connectivity index (χ2n) is 7.92. The van der Waals surface area contributed by atoms with Gasteiger partial charge in [0.15, 0.2) is 5.78 Å². The molecule has 0 amide bonds. The fourth-order valence-corrected chi connectivity index (χ4v) is 4.39. The number of rotatable bonds is 10. The predicted molar refractivity (Wildman–Crippen MR) is 109 cm³/mol. The number of hydrogen-bond acceptors (Lipinski definition) is 3. The van der Waals surface area contributed by atoms with Crippen LogP contribution in [0.2, 0.25) is 0 Å². The number of fused-ring (bicyclic) bond motifs is 2. The lowest BCUT2D eigenvalue weighted by atomic mass is 9.77. The average molecular weight is 383 g/mol. The molecular weight excluding hydrogens is 352 g/mol. The molecule has 0 saturated carbocycles. The van der Waals surface area contributed by atoms with Crippen LogP contribution in [0.3, 0.4) is 0 Å². The van der Waals surface area contributed by atoms with E-state index in [1.165, 1.54) is 0 Å². The Morgan fingerprint density at radius 1 is 1.18 bits per heavy atom. The first kappa shape index (κ1) is 20.5. The monoisotopic (exact) mass is 382 g/mol. The molecule has 2 saturated heterocycles. The van der Waals surface area contributed by atoms with Gasteiger partial charge in [0.05, 0.1) is 12.2 Å². The number of carboxylic acid groups (broad SMARTS) is 1. The zero-order valence-corrected chi connectivity index (χ0v) is 16.5. The number of allylic oxidation sites excluding steroid dienone is 3. The summed E-state index contributed by atoms with van der Waals surface area (Å²) in [6, 6.07) is 9.88. The second-order valence-corrected chi connectivity index (χ2v) is 7.92. The number of benzene rings is 1. The van der Waals surface area contributed by atoms with E-state index in [4.69, 9.17) is 9.84 Å². The first-order valence-electron chi connectivity index (χ1n) is 10.4. The zero-order valence-electron chi connectivity index (χ0n) is 16.5. The van der Waals surface area contributed by atoms with Gasteiger partial charge in [-0.1, -0.05) is 55.5 Å². The van der Waals surface area contributed by atoms with Gasteiger partial charge in [0.1, 0.15) is 0 Å².